The van der Waals surface area contributed by atoms with Gasteiger partial charge in [-0.2, -0.15) is 0 Å². The molecule has 1 aromatic rings. The van der Waals surface area contributed by atoms with Crippen LogP contribution >= 0.6 is 24.8 Å². The molecule has 0 bridgehead atoms. The zero-order chi connectivity index (χ0) is 13.9. The number of nitrogens with one attached hydrogen (secondary N) is 1. The van der Waals surface area contributed by atoms with Crippen LogP contribution in [0.3, 0.4) is 0 Å². The van der Waals surface area contributed by atoms with Gasteiger partial charge in [0.2, 0.25) is 0 Å². The molecule has 3 rings (SSSR count). The van der Waals surface area contributed by atoms with Crippen LogP contribution in [0.2, 0.25) is 0 Å². The maximum atomic E-state index is 5.64. The smallest absolute Gasteiger partial charge is 0.122 e. The van der Waals surface area contributed by atoms with Crippen molar-refractivity contribution < 1.29 is 4.74 Å². The standard InChI is InChI=1S/C17H26N2O.2ClH/c1-3-13(2)17(19-9-7-18-8-10-19)15-4-5-16-14(12-15)6-11-20-16;;/h4-5,12-13,17-18H,3,6-11H2,1-2H3;2*1H/t13?,17-;;/m0../s1. The Morgan fingerprint density at radius 2 is 1.95 bits per heavy atom. The highest BCUT2D eigenvalue weighted by atomic mass is 35.5. The van der Waals surface area contributed by atoms with Crippen LogP contribution in [0.5, 0.6) is 5.75 Å². The fraction of sp³-hybridized carbons (Fsp3) is 0.647. The van der Waals surface area contributed by atoms with Gasteiger partial charge in [-0.25, -0.2) is 0 Å². The van der Waals surface area contributed by atoms with Crippen molar-refractivity contribution >= 4 is 24.8 Å². The van der Waals surface area contributed by atoms with Gasteiger partial charge in [0.1, 0.15) is 5.75 Å². The molecule has 22 heavy (non-hydrogen) atoms. The minimum Gasteiger partial charge on any atom is -0.493 e. The summed E-state index contributed by atoms with van der Waals surface area (Å²) in [7, 11) is 0. The largest absolute Gasteiger partial charge is 0.493 e. The number of fused-ring (bicyclic) bond motifs is 1. The van der Waals surface area contributed by atoms with Crippen LogP contribution in [0.15, 0.2) is 18.2 Å². The van der Waals surface area contributed by atoms with E-state index in [1.54, 1.807) is 0 Å². The van der Waals surface area contributed by atoms with E-state index in [0.29, 0.717) is 12.0 Å². The van der Waals surface area contributed by atoms with Gasteiger partial charge >= 0.3 is 0 Å². The minimum atomic E-state index is 0. The van der Waals surface area contributed by atoms with Crippen molar-refractivity contribution in [3.05, 3.63) is 29.3 Å². The summed E-state index contributed by atoms with van der Waals surface area (Å²) in [6, 6.07) is 7.40. The van der Waals surface area contributed by atoms with E-state index in [1.807, 2.05) is 0 Å². The van der Waals surface area contributed by atoms with Crippen LogP contribution in [0, 0.1) is 5.92 Å². The first-order valence-corrected chi connectivity index (χ1v) is 8.00. The van der Waals surface area contributed by atoms with Gasteiger partial charge in [-0.1, -0.05) is 32.4 Å². The van der Waals surface area contributed by atoms with Crippen molar-refractivity contribution in [3.8, 4) is 5.75 Å². The van der Waals surface area contributed by atoms with Crippen molar-refractivity contribution in [1.29, 1.82) is 0 Å². The van der Waals surface area contributed by atoms with E-state index in [0.717, 1.165) is 45.0 Å². The van der Waals surface area contributed by atoms with E-state index in [4.69, 9.17) is 4.74 Å². The molecule has 0 amide bonds. The van der Waals surface area contributed by atoms with Gasteiger partial charge in [0, 0.05) is 38.6 Å². The minimum absolute atomic E-state index is 0. The zero-order valence-electron chi connectivity index (χ0n) is 13.5. The topological polar surface area (TPSA) is 24.5 Å². The molecule has 1 fully saturated rings. The molecule has 0 aromatic heterocycles. The lowest BCUT2D eigenvalue weighted by atomic mass is 9.89. The summed E-state index contributed by atoms with van der Waals surface area (Å²) in [4.78, 5) is 2.65. The SMILES string of the molecule is CCC(C)[C@@H](c1ccc2c(c1)CCO2)N1CCNCC1.Cl.Cl. The Kier molecular flexibility index (Phi) is 7.98. The van der Waals surface area contributed by atoms with Crippen molar-refractivity contribution in [3.63, 3.8) is 0 Å². The molecule has 3 nitrogen and oxygen atoms in total. The molecule has 1 unspecified atom stereocenters. The second-order valence-corrected chi connectivity index (χ2v) is 6.08. The summed E-state index contributed by atoms with van der Waals surface area (Å²) < 4.78 is 5.64. The number of hydrogen-bond donors (Lipinski definition) is 1. The van der Waals surface area contributed by atoms with E-state index in [9.17, 15) is 0 Å². The molecule has 2 aliphatic rings. The molecule has 0 saturated carbocycles. The Morgan fingerprint density at radius 3 is 2.64 bits per heavy atom. The number of nitrogens with zero attached hydrogens (tertiary/aromatic N) is 1. The molecule has 1 aromatic carbocycles. The first-order valence-electron chi connectivity index (χ1n) is 8.00. The van der Waals surface area contributed by atoms with Crippen LogP contribution in [0.1, 0.15) is 37.4 Å². The third-order valence-electron chi connectivity index (χ3n) is 4.78. The van der Waals surface area contributed by atoms with E-state index in [-0.39, 0.29) is 24.8 Å². The van der Waals surface area contributed by atoms with Crippen molar-refractivity contribution in [2.45, 2.75) is 32.7 Å². The Bertz CT molecular complexity index is 464. The summed E-state index contributed by atoms with van der Waals surface area (Å²) in [5.41, 5.74) is 2.87. The summed E-state index contributed by atoms with van der Waals surface area (Å²) in [5.74, 6) is 1.78. The Morgan fingerprint density at radius 1 is 1.23 bits per heavy atom. The Hall–Kier alpha value is -0.480. The van der Waals surface area contributed by atoms with Gasteiger partial charge in [-0.15, -0.1) is 24.8 Å². The summed E-state index contributed by atoms with van der Waals surface area (Å²) >= 11 is 0. The first-order chi connectivity index (χ1) is 9.79. The maximum absolute atomic E-state index is 5.64. The molecule has 2 atom stereocenters. The molecule has 1 saturated heterocycles. The molecule has 2 heterocycles. The molecule has 5 heteroatoms. The van der Waals surface area contributed by atoms with Gasteiger partial charge < -0.3 is 10.1 Å². The van der Waals surface area contributed by atoms with Gasteiger partial charge in [0.15, 0.2) is 0 Å². The normalized spacial score (nSPS) is 20.1. The van der Waals surface area contributed by atoms with Crippen molar-refractivity contribution in [1.82, 2.24) is 10.2 Å². The number of piperazine rings is 1. The van der Waals surface area contributed by atoms with Crippen LogP contribution in [-0.2, 0) is 6.42 Å². The molecule has 1 N–H and O–H groups in total. The first kappa shape index (κ1) is 19.6. The van der Waals surface area contributed by atoms with E-state index >= 15 is 0 Å². The third-order valence-corrected chi connectivity index (χ3v) is 4.78. The van der Waals surface area contributed by atoms with E-state index in [2.05, 4.69) is 42.3 Å². The molecule has 0 radical (unpaired) electrons. The molecular weight excluding hydrogens is 319 g/mol. The second-order valence-electron chi connectivity index (χ2n) is 6.08. The average Bonchev–Trinajstić information content (AvgIpc) is 2.96. The number of hydrogen-bond acceptors (Lipinski definition) is 3. The van der Waals surface area contributed by atoms with Gasteiger partial charge in [-0.05, 0) is 23.1 Å². The summed E-state index contributed by atoms with van der Waals surface area (Å²) in [6.07, 6.45) is 2.29. The fourth-order valence-corrected chi connectivity index (χ4v) is 3.47. The van der Waals surface area contributed by atoms with E-state index in [1.165, 1.54) is 17.5 Å². The Labute approximate surface area is 146 Å². The molecule has 0 aliphatic carbocycles. The van der Waals surface area contributed by atoms with Crippen molar-refractivity contribution in [2.24, 2.45) is 5.92 Å². The van der Waals surface area contributed by atoms with Gasteiger partial charge in [0.05, 0.1) is 6.61 Å². The molecule has 126 valence electrons. The highest BCUT2D eigenvalue weighted by Crippen LogP contribution is 2.35. The molecule has 2 aliphatic heterocycles. The number of halogens is 2. The van der Waals surface area contributed by atoms with Crippen LogP contribution < -0.4 is 10.1 Å². The van der Waals surface area contributed by atoms with Crippen LogP contribution in [0.25, 0.3) is 0 Å². The third kappa shape index (κ3) is 4.08. The highest BCUT2D eigenvalue weighted by Gasteiger charge is 2.27. The van der Waals surface area contributed by atoms with Gasteiger partial charge in [-0.3, -0.25) is 4.90 Å². The van der Waals surface area contributed by atoms with Crippen LogP contribution in [0.4, 0.5) is 0 Å². The predicted octanol–water partition coefficient (Wildman–Crippen LogP) is 3.46. The zero-order valence-corrected chi connectivity index (χ0v) is 15.1. The molecule has 0 spiro atoms. The lowest BCUT2D eigenvalue weighted by Crippen LogP contribution is -2.46. The highest BCUT2D eigenvalue weighted by molar-refractivity contribution is 5.85. The fourth-order valence-electron chi connectivity index (χ4n) is 3.47. The summed E-state index contributed by atoms with van der Waals surface area (Å²) in [5, 5.41) is 3.46. The lowest BCUT2D eigenvalue weighted by Gasteiger charge is -2.38. The lowest BCUT2D eigenvalue weighted by molar-refractivity contribution is 0.128. The Balaban J connectivity index is 0.00000121. The predicted molar refractivity (Wildman–Crippen MR) is 96.8 cm³/mol. The van der Waals surface area contributed by atoms with Gasteiger partial charge in [0.25, 0.3) is 0 Å². The molecular formula is C17H28Cl2N2O. The monoisotopic (exact) mass is 346 g/mol. The number of rotatable bonds is 4. The number of ether oxygens (including phenoxy) is 1. The van der Waals surface area contributed by atoms with E-state index < -0.39 is 0 Å². The average molecular weight is 347 g/mol. The van der Waals surface area contributed by atoms with Crippen LogP contribution in [-0.4, -0.2) is 37.7 Å². The summed E-state index contributed by atoms with van der Waals surface area (Å²) in [6.45, 7) is 10.1. The second kappa shape index (κ2) is 8.97. The quantitative estimate of drug-likeness (QED) is 0.903. The maximum Gasteiger partial charge on any atom is 0.122 e. The van der Waals surface area contributed by atoms with Crippen molar-refractivity contribution in [2.75, 3.05) is 32.8 Å². The number of benzene rings is 1.